The molecule has 2 aliphatic rings. The summed E-state index contributed by atoms with van der Waals surface area (Å²) in [6.07, 6.45) is 12.0. The first kappa shape index (κ1) is 18.1. The second-order valence-electron chi connectivity index (χ2n) is 7.65. The molecule has 1 aromatic carbocycles. The van der Waals surface area contributed by atoms with Crippen molar-refractivity contribution < 1.29 is 4.79 Å². The minimum Gasteiger partial charge on any atom is -0.335 e. The Morgan fingerprint density at radius 1 is 1.04 bits per heavy atom. The summed E-state index contributed by atoms with van der Waals surface area (Å²) in [6.45, 7) is 0. The first-order valence-electron chi connectivity index (χ1n) is 9.97. The molecule has 1 aromatic heterocycles. The lowest BCUT2D eigenvalue weighted by Crippen LogP contribution is -2.44. The summed E-state index contributed by atoms with van der Waals surface area (Å²) in [4.78, 5) is 21.1. The molecule has 1 amide bonds. The fourth-order valence-corrected chi connectivity index (χ4v) is 4.12. The van der Waals surface area contributed by atoms with Gasteiger partial charge in [-0.25, -0.2) is 15.4 Å². The molecule has 0 spiro atoms. The van der Waals surface area contributed by atoms with E-state index in [-0.39, 0.29) is 12.1 Å². The predicted octanol–water partition coefficient (Wildman–Crippen LogP) is 3.04. The number of hydrogen-bond acceptors (Lipinski definition) is 5. The molecule has 6 heteroatoms. The van der Waals surface area contributed by atoms with Gasteiger partial charge in [-0.05, 0) is 18.8 Å². The second kappa shape index (κ2) is 8.59. The Hall–Kier alpha value is -2.31. The minimum atomic E-state index is -0.146. The molecule has 1 aliphatic carbocycles. The number of benzene rings is 1. The maximum Gasteiger partial charge on any atom is 0.255 e. The third-order valence-corrected chi connectivity index (χ3v) is 5.58. The van der Waals surface area contributed by atoms with E-state index in [0.717, 1.165) is 17.9 Å². The average Bonchev–Trinajstić information content (AvgIpc) is 3.16. The molecule has 6 nitrogen and oxygen atoms in total. The highest BCUT2D eigenvalue weighted by Gasteiger charge is 2.28. The summed E-state index contributed by atoms with van der Waals surface area (Å²) in [5.41, 5.74) is 7.98. The zero-order valence-corrected chi connectivity index (χ0v) is 15.5. The molecular formula is C21H27N5O. The molecule has 142 valence electrons. The summed E-state index contributed by atoms with van der Waals surface area (Å²) in [5.74, 6) is 1.30. The second-order valence-corrected chi connectivity index (χ2v) is 7.65. The number of hydrazine groups is 1. The molecule has 1 saturated heterocycles. The van der Waals surface area contributed by atoms with Gasteiger partial charge in [0, 0.05) is 24.0 Å². The van der Waals surface area contributed by atoms with Gasteiger partial charge in [-0.3, -0.25) is 10.2 Å². The van der Waals surface area contributed by atoms with Gasteiger partial charge in [-0.2, -0.15) is 0 Å². The molecule has 1 saturated carbocycles. The van der Waals surface area contributed by atoms with Crippen LogP contribution >= 0.6 is 0 Å². The Bertz CT molecular complexity index is 743. The van der Waals surface area contributed by atoms with Gasteiger partial charge in [0.1, 0.15) is 0 Å². The van der Waals surface area contributed by atoms with Crippen LogP contribution in [0.5, 0.6) is 0 Å². The highest BCUT2D eigenvalue weighted by molar-refractivity contribution is 5.93. The molecule has 3 N–H and O–H groups in total. The van der Waals surface area contributed by atoms with Gasteiger partial charge in [-0.15, -0.1) is 0 Å². The Labute approximate surface area is 160 Å². The number of carbonyl (C=O) groups is 1. The van der Waals surface area contributed by atoms with Crippen molar-refractivity contribution in [3.8, 4) is 11.4 Å². The van der Waals surface area contributed by atoms with Crippen molar-refractivity contribution >= 4 is 5.91 Å². The summed E-state index contributed by atoms with van der Waals surface area (Å²) < 4.78 is 0. The molecule has 27 heavy (non-hydrogen) atoms. The lowest BCUT2D eigenvalue weighted by Gasteiger charge is -2.24. The monoisotopic (exact) mass is 365 g/mol. The van der Waals surface area contributed by atoms with E-state index in [9.17, 15) is 4.79 Å². The Kier molecular flexibility index (Phi) is 5.75. The van der Waals surface area contributed by atoms with Crippen LogP contribution in [0.4, 0.5) is 0 Å². The number of nitrogens with zero attached hydrogens (tertiary/aromatic N) is 2. The van der Waals surface area contributed by atoms with Crippen LogP contribution in [0, 0.1) is 5.92 Å². The minimum absolute atomic E-state index is 0.0557. The summed E-state index contributed by atoms with van der Waals surface area (Å²) in [7, 11) is 0. The predicted molar refractivity (Wildman–Crippen MR) is 105 cm³/mol. The smallest absolute Gasteiger partial charge is 0.255 e. The van der Waals surface area contributed by atoms with Crippen molar-refractivity contribution in [1.82, 2.24) is 26.1 Å². The molecule has 0 radical (unpaired) electrons. The normalized spacial score (nSPS) is 23.3. The van der Waals surface area contributed by atoms with Crippen LogP contribution < -0.4 is 16.2 Å². The maximum absolute atomic E-state index is 12.5. The molecule has 2 heterocycles. The van der Waals surface area contributed by atoms with Crippen LogP contribution in [0.2, 0.25) is 0 Å². The van der Waals surface area contributed by atoms with E-state index in [1.807, 2.05) is 30.3 Å². The Morgan fingerprint density at radius 2 is 1.78 bits per heavy atom. The van der Waals surface area contributed by atoms with Gasteiger partial charge in [0.15, 0.2) is 5.82 Å². The Morgan fingerprint density at radius 3 is 2.52 bits per heavy atom. The van der Waals surface area contributed by atoms with E-state index < -0.39 is 0 Å². The highest BCUT2D eigenvalue weighted by atomic mass is 16.1. The highest BCUT2D eigenvalue weighted by Crippen LogP contribution is 2.28. The van der Waals surface area contributed by atoms with Crippen molar-refractivity contribution in [2.75, 3.05) is 0 Å². The number of amides is 1. The number of rotatable bonds is 5. The zero-order valence-electron chi connectivity index (χ0n) is 15.5. The van der Waals surface area contributed by atoms with Gasteiger partial charge in [0.2, 0.25) is 0 Å². The van der Waals surface area contributed by atoms with E-state index in [2.05, 4.69) is 26.1 Å². The van der Waals surface area contributed by atoms with Crippen molar-refractivity contribution in [1.29, 1.82) is 0 Å². The van der Waals surface area contributed by atoms with E-state index in [0.29, 0.717) is 17.4 Å². The van der Waals surface area contributed by atoms with Crippen molar-refractivity contribution in [2.45, 2.75) is 57.2 Å². The third-order valence-electron chi connectivity index (χ3n) is 5.58. The lowest BCUT2D eigenvalue weighted by atomic mass is 9.84. The number of aromatic nitrogens is 2. The fourth-order valence-electron chi connectivity index (χ4n) is 4.12. The summed E-state index contributed by atoms with van der Waals surface area (Å²) >= 11 is 0. The molecule has 2 unspecified atom stereocenters. The van der Waals surface area contributed by atoms with Gasteiger partial charge >= 0.3 is 0 Å². The van der Waals surface area contributed by atoms with Gasteiger partial charge in [-0.1, -0.05) is 62.4 Å². The first-order valence-corrected chi connectivity index (χ1v) is 9.97. The first-order chi connectivity index (χ1) is 13.3. The van der Waals surface area contributed by atoms with Gasteiger partial charge in [0.25, 0.3) is 5.91 Å². The van der Waals surface area contributed by atoms with E-state index in [1.165, 1.54) is 38.5 Å². The Balaban J connectivity index is 1.29. The van der Waals surface area contributed by atoms with Crippen LogP contribution in [0.25, 0.3) is 11.4 Å². The number of carbonyl (C=O) groups excluding carboxylic acids is 1. The van der Waals surface area contributed by atoms with Crippen LogP contribution in [0.3, 0.4) is 0 Å². The van der Waals surface area contributed by atoms with Crippen LogP contribution in [0.1, 0.15) is 55.3 Å². The molecule has 2 fully saturated rings. The van der Waals surface area contributed by atoms with Gasteiger partial charge < -0.3 is 5.32 Å². The lowest BCUT2D eigenvalue weighted by molar-refractivity contribution is 0.0931. The topological polar surface area (TPSA) is 78.9 Å². The molecule has 2 atom stereocenters. The maximum atomic E-state index is 12.5. The molecule has 2 aromatic rings. The molecule has 1 aliphatic heterocycles. The van der Waals surface area contributed by atoms with Crippen LogP contribution in [-0.2, 0) is 0 Å². The standard InChI is InChI=1S/C21H27N5O/c27-21(17-13-22-20(23-14-17)16-9-5-2-6-10-16)24-19-12-18(25-26-19)11-15-7-3-1-4-8-15/h2,5-6,9-10,13-15,18-19,25-26H,1,3-4,7-8,11-12H2,(H,24,27). The van der Waals surface area contributed by atoms with Gasteiger partial charge in [0.05, 0.1) is 11.7 Å². The summed E-state index contributed by atoms with van der Waals surface area (Å²) in [6, 6.07) is 10.2. The average molecular weight is 365 g/mol. The van der Waals surface area contributed by atoms with E-state index in [1.54, 1.807) is 12.4 Å². The molecular weight excluding hydrogens is 338 g/mol. The molecule has 4 rings (SSSR count). The van der Waals surface area contributed by atoms with E-state index in [4.69, 9.17) is 0 Å². The summed E-state index contributed by atoms with van der Waals surface area (Å²) in [5, 5.41) is 3.03. The zero-order chi connectivity index (χ0) is 18.5. The largest absolute Gasteiger partial charge is 0.335 e. The fraction of sp³-hybridized carbons (Fsp3) is 0.476. The SMILES string of the molecule is O=C(NC1CC(CC2CCCCC2)NN1)c1cnc(-c2ccccc2)nc1. The number of nitrogens with one attached hydrogen (secondary N) is 3. The van der Waals surface area contributed by atoms with Crippen molar-refractivity contribution in [3.05, 3.63) is 48.3 Å². The van der Waals surface area contributed by atoms with Crippen LogP contribution in [0.15, 0.2) is 42.7 Å². The van der Waals surface area contributed by atoms with Crippen molar-refractivity contribution in [3.63, 3.8) is 0 Å². The van der Waals surface area contributed by atoms with Crippen LogP contribution in [-0.4, -0.2) is 28.1 Å². The number of hydrogen-bond donors (Lipinski definition) is 3. The quantitative estimate of drug-likeness (QED) is 0.759. The molecule has 0 bridgehead atoms. The van der Waals surface area contributed by atoms with E-state index >= 15 is 0 Å². The third kappa shape index (κ3) is 4.70. The van der Waals surface area contributed by atoms with Crippen molar-refractivity contribution in [2.24, 2.45) is 5.92 Å².